The topological polar surface area (TPSA) is 24.9 Å². The van der Waals surface area contributed by atoms with E-state index < -0.39 is 5.82 Å². The first-order chi connectivity index (χ1) is 8.16. The Labute approximate surface area is 98.3 Å². The van der Waals surface area contributed by atoms with Crippen LogP contribution in [0.1, 0.15) is 18.5 Å². The molecule has 1 unspecified atom stereocenters. The van der Waals surface area contributed by atoms with E-state index >= 15 is 0 Å². The molecule has 88 valence electrons. The molecule has 1 aromatic carbocycles. The molecule has 0 amide bonds. The van der Waals surface area contributed by atoms with Crippen LogP contribution in [0.15, 0.2) is 42.6 Å². The molecule has 0 saturated heterocycles. The van der Waals surface area contributed by atoms with Gasteiger partial charge in [-0.2, -0.15) is 0 Å². The van der Waals surface area contributed by atoms with Crippen molar-refractivity contribution < 1.29 is 8.78 Å². The van der Waals surface area contributed by atoms with Crippen molar-refractivity contribution in [3.63, 3.8) is 0 Å². The maximum atomic E-state index is 13.3. The summed E-state index contributed by atoms with van der Waals surface area (Å²) in [5.74, 6) is -0.490. The number of nitrogens with one attached hydrogen (secondary N) is 1. The highest BCUT2D eigenvalue weighted by atomic mass is 19.1. The summed E-state index contributed by atoms with van der Waals surface area (Å²) in [6.07, 6.45) is 1.52. The van der Waals surface area contributed by atoms with Crippen LogP contribution in [-0.4, -0.2) is 4.98 Å². The second-order valence-corrected chi connectivity index (χ2v) is 3.75. The van der Waals surface area contributed by atoms with Gasteiger partial charge in [-0.25, -0.2) is 13.8 Å². The zero-order chi connectivity index (χ0) is 12.3. The third kappa shape index (κ3) is 2.78. The highest BCUT2D eigenvalue weighted by Crippen LogP contribution is 2.19. The van der Waals surface area contributed by atoms with Gasteiger partial charge in [-0.05, 0) is 36.8 Å². The van der Waals surface area contributed by atoms with E-state index in [0.29, 0.717) is 0 Å². The molecule has 2 rings (SSSR count). The summed E-state index contributed by atoms with van der Waals surface area (Å²) in [5.41, 5.74) is 0.872. The molecule has 0 bridgehead atoms. The van der Waals surface area contributed by atoms with Crippen molar-refractivity contribution in [2.45, 2.75) is 13.0 Å². The molecule has 0 aliphatic rings. The normalized spacial score (nSPS) is 12.2. The van der Waals surface area contributed by atoms with E-state index in [-0.39, 0.29) is 17.7 Å². The third-order valence-corrected chi connectivity index (χ3v) is 2.48. The lowest BCUT2D eigenvalue weighted by molar-refractivity contribution is 0.619. The number of aromatic nitrogens is 1. The number of benzene rings is 1. The minimum atomic E-state index is -0.401. The number of hydrogen-bond donors (Lipinski definition) is 1. The van der Waals surface area contributed by atoms with E-state index in [1.165, 1.54) is 30.5 Å². The van der Waals surface area contributed by atoms with Gasteiger partial charge in [0.1, 0.15) is 5.82 Å². The smallest absolute Gasteiger partial charge is 0.165 e. The molecule has 1 heterocycles. The number of anilines is 1. The van der Waals surface area contributed by atoms with Crippen molar-refractivity contribution in [2.24, 2.45) is 0 Å². The summed E-state index contributed by atoms with van der Waals surface area (Å²) in [6, 6.07) is 8.81. The number of pyridine rings is 1. The van der Waals surface area contributed by atoms with E-state index in [4.69, 9.17) is 0 Å². The SMILES string of the molecule is CC(Nc1ncccc1F)c1ccc(F)cc1. The molecule has 1 N–H and O–H groups in total. The fraction of sp³-hybridized carbons (Fsp3) is 0.154. The highest BCUT2D eigenvalue weighted by molar-refractivity contribution is 5.39. The largest absolute Gasteiger partial charge is 0.361 e. The molecule has 4 heteroatoms. The summed E-state index contributed by atoms with van der Waals surface area (Å²) >= 11 is 0. The summed E-state index contributed by atoms with van der Waals surface area (Å²) < 4.78 is 26.1. The molecule has 0 aliphatic heterocycles. The van der Waals surface area contributed by atoms with Crippen molar-refractivity contribution in [3.05, 3.63) is 59.8 Å². The van der Waals surface area contributed by atoms with Crippen LogP contribution in [0.25, 0.3) is 0 Å². The Bertz CT molecular complexity index is 497. The summed E-state index contributed by atoms with van der Waals surface area (Å²) in [4.78, 5) is 3.90. The molecule has 0 fully saturated rings. The molecule has 17 heavy (non-hydrogen) atoms. The highest BCUT2D eigenvalue weighted by Gasteiger charge is 2.08. The van der Waals surface area contributed by atoms with Gasteiger partial charge in [-0.15, -0.1) is 0 Å². The molecule has 2 aromatic rings. The summed E-state index contributed by atoms with van der Waals surface area (Å²) in [6.45, 7) is 1.86. The van der Waals surface area contributed by atoms with Gasteiger partial charge in [-0.1, -0.05) is 12.1 Å². The number of hydrogen-bond acceptors (Lipinski definition) is 2. The van der Waals surface area contributed by atoms with E-state index in [0.717, 1.165) is 5.56 Å². The number of rotatable bonds is 3. The Morgan fingerprint density at radius 1 is 1.12 bits per heavy atom. The molecule has 0 spiro atoms. The Balaban J connectivity index is 2.14. The van der Waals surface area contributed by atoms with Gasteiger partial charge >= 0.3 is 0 Å². The van der Waals surface area contributed by atoms with Gasteiger partial charge in [0.2, 0.25) is 0 Å². The van der Waals surface area contributed by atoms with Crippen molar-refractivity contribution in [2.75, 3.05) is 5.32 Å². The van der Waals surface area contributed by atoms with E-state index in [2.05, 4.69) is 10.3 Å². The molecule has 1 atom stereocenters. The van der Waals surface area contributed by atoms with Gasteiger partial charge in [0.15, 0.2) is 11.6 Å². The summed E-state index contributed by atoms with van der Waals surface area (Å²) in [5, 5.41) is 2.94. The van der Waals surface area contributed by atoms with E-state index in [9.17, 15) is 8.78 Å². The van der Waals surface area contributed by atoms with Gasteiger partial charge < -0.3 is 5.32 Å². The summed E-state index contributed by atoms with van der Waals surface area (Å²) in [7, 11) is 0. The number of halogens is 2. The third-order valence-electron chi connectivity index (χ3n) is 2.48. The molecule has 0 aliphatic carbocycles. The quantitative estimate of drug-likeness (QED) is 0.878. The zero-order valence-corrected chi connectivity index (χ0v) is 9.32. The van der Waals surface area contributed by atoms with Gasteiger partial charge in [0.05, 0.1) is 6.04 Å². The second kappa shape index (κ2) is 4.91. The van der Waals surface area contributed by atoms with Crippen molar-refractivity contribution in [1.29, 1.82) is 0 Å². The monoisotopic (exact) mass is 234 g/mol. The van der Waals surface area contributed by atoms with Gasteiger partial charge in [0, 0.05) is 6.20 Å². The molecular weight excluding hydrogens is 222 g/mol. The lowest BCUT2D eigenvalue weighted by atomic mass is 10.1. The Morgan fingerprint density at radius 3 is 2.47 bits per heavy atom. The number of nitrogens with zero attached hydrogens (tertiary/aromatic N) is 1. The molecular formula is C13H12F2N2. The molecule has 1 aromatic heterocycles. The van der Waals surface area contributed by atoms with Crippen LogP contribution in [0.3, 0.4) is 0 Å². The fourth-order valence-electron chi connectivity index (χ4n) is 1.53. The van der Waals surface area contributed by atoms with Gasteiger partial charge in [0.25, 0.3) is 0 Å². The predicted octanol–water partition coefficient (Wildman–Crippen LogP) is 3.53. The van der Waals surface area contributed by atoms with Crippen LogP contribution in [0, 0.1) is 11.6 Å². The van der Waals surface area contributed by atoms with Crippen molar-refractivity contribution in [1.82, 2.24) is 4.98 Å². The lowest BCUT2D eigenvalue weighted by Gasteiger charge is -2.15. The average molecular weight is 234 g/mol. The first-order valence-corrected chi connectivity index (χ1v) is 5.29. The first-order valence-electron chi connectivity index (χ1n) is 5.29. The minimum absolute atomic E-state index is 0.139. The molecule has 0 saturated carbocycles. The Morgan fingerprint density at radius 2 is 1.82 bits per heavy atom. The van der Waals surface area contributed by atoms with E-state index in [1.807, 2.05) is 6.92 Å². The minimum Gasteiger partial charge on any atom is -0.361 e. The fourth-order valence-corrected chi connectivity index (χ4v) is 1.53. The average Bonchev–Trinajstić information content (AvgIpc) is 2.33. The van der Waals surface area contributed by atoms with E-state index in [1.54, 1.807) is 12.1 Å². The predicted molar refractivity (Wildman–Crippen MR) is 62.6 cm³/mol. The van der Waals surface area contributed by atoms with Crippen LogP contribution in [0.4, 0.5) is 14.6 Å². The van der Waals surface area contributed by atoms with Crippen LogP contribution in [0.5, 0.6) is 0 Å². The van der Waals surface area contributed by atoms with Crippen LogP contribution in [-0.2, 0) is 0 Å². The molecule has 2 nitrogen and oxygen atoms in total. The van der Waals surface area contributed by atoms with Crippen LogP contribution in [0.2, 0.25) is 0 Å². The van der Waals surface area contributed by atoms with Crippen LogP contribution < -0.4 is 5.32 Å². The second-order valence-electron chi connectivity index (χ2n) is 3.75. The zero-order valence-electron chi connectivity index (χ0n) is 9.32. The van der Waals surface area contributed by atoms with Gasteiger partial charge in [-0.3, -0.25) is 0 Å². The van der Waals surface area contributed by atoms with Crippen LogP contribution >= 0.6 is 0 Å². The maximum Gasteiger partial charge on any atom is 0.165 e. The van der Waals surface area contributed by atoms with Crippen molar-refractivity contribution >= 4 is 5.82 Å². The standard InChI is InChI=1S/C13H12F2N2/c1-9(10-4-6-11(14)7-5-10)17-13-12(15)3-2-8-16-13/h2-9H,1H3,(H,16,17). The lowest BCUT2D eigenvalue weighted by Crippen LogP contribution is -2.09. The first kappa shape index (κ1) is 11.5. The Kier molecular flexibility index (Phi) is 3.32. The Hall–Kier alpha value is -1.97. The van der Waals surface area contributed by atoms with Crippen molar-refractivity contribution in [3.8, 4) is 0 Å². The molecule has 0 radical (unpaired) electrons. The maximum absolute atomic E-state index is 13.3.